The fourth-order valence-corrected chi connectivity index (χ4v) is 2.38. The highest BCUT2D eigenvalue weighted by atomic mass is 16.5. The number of carbonyl (C=O) groups excluding carboxylic acids is 1. The number of hydrogen-bond acceptors (Lipinski definition) is 4. The Morgan fingerprint density at radius 2 is 2.00 bits per heavy atom. The summed E-state index contributed by atoms with van der Waals surface area (Å²) in [7, 11) is 1.39. The standard InChI is InChI=1S/C16H15N3O2/c1-21-14(20)9-10-5-7-11(8-6-10)12-3-2-4-13-15(12)16(17)19-18-13/h2-8H,9H2,1H3,(H3,17,18,19). The monoisotopic (exact) mass is 281 g/mol. The van der Waals surface area contributed by atoms with Gasteiger partial charge in [-0.2, -0.15) is 5.10 Å². The zero-order valence-electron chi connectivity index (χ0n) is 11.6. The number of fused-ring (bicyclic) bond motifs is 1. The van der Waals surface area contributed by atoms with E-state index in [1.807, 2.05) is 42.5 Å². The van der Waals surface area contributed by atoms with Crippen LogP contribution in [-0.2, 0) is 16.0 Å². The van der Waals surface area contributed by atoms with E-state index in [0.717, 1.165) is 27.6 Å². The van der Waals surface area contributed by atoms with Gasteiger partial charge in [-0.15, -0.1) is 0 Å². The van der Waals surface area contributed by atoms with Gasteiger partial charge in [0.25, 0.3) is 0 Å². The average Bonchev–Trinajstić information content (AvgIpc) is 2.90. The summed E-state index contributed by atoms with van der Waals surface area (Å²) < 4.78 is 4.66. The highest BCUT2D eigenvalue weighted by Gasteiger charge is 2.10. The van der Waals surface area contributed by atoms with Gasteiger partial charge in [0.1, 0.15) is 0 Å². The third-order valence-corrected chi connectivity index (χ3v) is 3.46. The van der Waals surface area contributed by atoms with Gasteiger partial charge < -0.3 is 10.5 Å². The van der Waals surface area contributed by atoms with E-state index in [-0.39, 0.29) is 12.4 Å². The lowest BCUT2D eigenvalue weighted by molar-refractivity contribution is -0.139. The molecular weight excluding hydrogens is 266 g/mol. The summed E-state index contributed by atoms with van der Waals surface area (Å²) in [4.78, 5) is 11.3. The molecule has 0 saturated heterocycles. The van der Waals surface area contributed by atoms with Gasteiger partial charge in [-0.05, 0) is 22.8 Å². The minimum atomic E-state index is -0.246. The second-order valence-corrected chi connectivity index (χ2v) is 4.79. The maximum atomic E-state index is 11.3. The third-order valence-electron chi connectivity index (χ3n) is 3.46. The SMILES string of the molecule is COC(=O)Cc1ccc(-c2cccc3[nH]nc(N)c23)cc1. The predicted octanol–water partition coefficient (Wildman–Crippen LogP) is 2.53. The quantitative estimate of drug-likeness (QED) is 0.723. The number of H-pyrrole nitrogens is 1. The Bertz CT molecular complexity index is 791. The van der Waals surface area contributed by atoms with Crippen LogP contribution < -0.4 is 5.73 Å². The summed E-state index contributed by atoms with van der Waals surface area (Å²) in [6.07, 6.45) is 0.273. The first-order chi connectivity index (χ1) is 10.2. The van der Waals surface area contributed by atoms with E-state index in [4.69, 9.17) is 5.73 Å². The van der Waals surface area contributed by atoms with Crippen molar-refractivity contribution in [2.24, 2.45) is 0 Å². The van der Waals surface area contributed by atoms with Crippen molar-refractivity contribution in [3.63, 3.8) is 0 Å². The summed E-state index contributed by atoms with van der Waals surface area (Å²) in [5, 5.41) is 7.86. The first kappa shape index (κ1) is 13.2. The van der Waals surface area contributed by atoms with Gasteiger partial charge in [0.2, 0.25) is 0 Å². The topological polar surface area (TPSA) is 81.0 Å². The van der Waals surface area contributed by atoms with Crippen LogP contribution in [0, 0.1) is 0 Å². The number of nitrogen functional groups attached to an aromatic ring is 1. The molecule has 106 valence electrons. The maximum absolute atomic E-state index is 11.3. The number of anilines is 1. The molecule has 0 spiro atoms. The lowest BCUT2D eigenvalue weighted by Gasteiger charge is -2.06. The molecule has 3 rings (SSSR count). The summed E-state index contributed by atoms with van der Waals surface area (Å²) in [5.74, 6) is 0.239. The number of hydrogen-bond donors (Lipinski definition) is 2. The Kier molecular flexibility index (Phi) is 3.31. The van der Waals surface area contributed by atoms with Crippen molar-refractivity contribution in [3.05, 3.63) is 48.0 Å². The van der Waals surface area contributed by atoms with Gasteiger partial charge >= 0.3 is 5.97 Å². The third kappa shape index (κ3) is 2.45. The fourth-order valence-electron chi connectivity index (χ4n) is 2.38. The van der Waals surface area contributed by atoms with Crippen LogP contribution in [0.1, 0.15) is 5.56 Å². The number of carbonyl (C=O) groups is 1. The van der Waals surface area contributed by atoms with E-state index >= 15 is 0 Å². The van der Waals surface area contributed by atoms with Crippen LogP contribution in [0.3, 0.4) is 0 Å². The van der Waals surface area contributed by atoms with Crippen LogP contribution in [0.25, 0.3) is 22.0 Å². The van der Waals surface area contributed by atoms with E-state index in [9.17, 15) is 4.79 Å². The van der Waals surface area contributed by atoms with Gasteiger partial charge in [-0.1, -0.05) is 36.4 Å². The smallest absolute Gasteiger partial charge is 0.309 e. The van der Waals surface area contributed by atoms with Gasteiger partial charge in [-0.25, -0.2) is 0 Å². The van der Waals surface area contributed by atoms with Gasteiger partial charge in [0.15, 0.2) is 5.82 Å². The minimum Gasteiger partial charge on any atom is -0.469 e. The average molecular weight is 281 g/mol. The summed E-state index contributed by atoms with van der Waals surface area (Å²) in [6.45, 7) is 0. The first-order valence-electron chi connectivity index (χ1n) is 6.57. The number of rotatable bonds is 3. The largest absolute Gasteiger partial charge is 0.469 e. The second-order valence-electron chi connectivity index (χ2n) is 4.79. The molecule has 0 aliphatic rings. The van der Waals surface area contributed by atoms with Crippen molar-refractivity contribution < 1.29 is 9.53 Å². The van der Waals surface area contributed by atoms with Crippen molar-refractivity contribution in [2.45, 2.75) is 6.42 Å². The molecule has 3 aromatic rings. The first-order valence-corrected chi connectivity index (χ1v) is 6.57. The lowest BCUT2D eigenvalue weighted by Crippen LogP contribution is -2.04. The molecule has 5 nitrogen and oxygen atoms in total. The zero-order valence-corrected chi connectivity index (χ0v) is 11.6. The van der Waals surface area contributed by atoms with E-state index in [1.54, 1.807) is 0 Å². The minimum absolute atomic E-state index is 0.246. The summed E-state index contributed by atoms with van der Waals surface area (Å²) in [5.41, 5.74) is 9.79. The van der Waals surface area contributed by atoms with Crippen LogP contribution in [0.2, 0.25) is 0 Å². The number of nitrogens with zero attached hydrogens (tertiary/aromatic N) is 1. The molecule has 0 atom stereocenters. The van der Waals surface area contributed by atoms with Crippen LogP contribution in [0.15, 0.2) is 42.5 Å². The molecular formula is C16H15N3O2. The molecule has 0 aliphatic carbocycles. The molecule has 0 bridgehead atoms. The Labute approximate surface area is 121 Å². The molecule has 0 aliphatic heterocycles. The van der Waals surface area contributed by atoms with Crippen molar-refractivity contribution in [3.8, 4) is 11.1 Å². The number of nitrogens with one attached hydrogen (secondary N) is 1. The molecule has 5 heteroatoms. The molecule has 1 aromatic heterocycles. The van der Waals surface area contributed by atoms with E-state index in [0.29, 0.717) is 5.82 Å². The second kappa shape index (κ2) is 5.28. The number of ether oxygens (including phenoxy) is 1. The van der Waals surface area contributed by atoms with Crippen molar-refractivity contribution in [2.75, 3.05) is 12.8 Å². The number of benzene rings is 2. The van der Waals surface area contributed by atoms with E-state index in [2.05, 4.69) is 14.9 Å². The van der Waals surface area contributed by atoms with Gasteiger partial charge in [-0.3, -0.25) is 9.89 Å². The molecule has 0 fully saturated rings. The van der Waals surface area contributed by atoms with E-state index in [1.165, 1.54) is 7.11 Å². The number of nitrogens with two attached hydrogens (primary N) is 1. The van der Waals surface area contributed by atoms with Crippen LogP contribution in [0.4, 0.5) is 5.82 Å². The van der Waals surface area contributed by atoms with Gasteiger partial charge in [0.05, 0.1) is 24.4 Å². The number of aromatic nitrogens is 2. The van der Waals surface area contributed by atoms with Crippen LogP contribution in [0.5, 0.6) is 0 Å². The lowest BCUT2D eigenvalue weighted by atomic mass is 9.99. The fraction of sp³-hybridized carbons (Fsp3) is 0.125. The zero-order chi connectivity index (χ0) is 14.8. The number of aromatic amines is 1. The number of esters is 1. The molecule has 1 heterocycles. The maximum Gasteiger partial charge on any atom is 0.309 e. The van der Waals surface area contributed by atoms with Crippen molar-refractivity contribution in [1.82, 2.24) is 10.2 Å². The molecule has 0 saturated carbocycles. The Hall–Kier alpha value is -2.82. The van der Waals surface area contributed by atoms with Crippen molar-refractivity contribution >= 4 is 22.7 Å². The summed E-state index contributed by atoms with van der Waals surface area (Å²) >= 11 is 0. The number of methoxy groups -OCH3 is 1. The predicted molar refractivity (Wildman–Crippen MR) is 81.7 cm³/mol. The molecule has 0 amide bonds. The molecule has 2 aromatic carbocycles. The molecule has 0 radical (unpaired) electrons. The van der Waals surface area contributed by atoms with Crippen LogP contribution in [-0.4, -0.2) is 23.3 Å². The van der Waals surface area contributed by atoms with Crippen LogP contribution >= 0.6 is 0 Å². The Morgan fingerprint density at radius 1 is 1.24 bits per heavy atom. The van der Waals surface area contributed by atoms with Crippen molar-refractivity contribution in [1.29, 1.82) is 0 Å². The molecule has 21 heavy (non-hydrogen) atoms. The molecule has 0 unspecified atom stereocenters. The van der Waals surface area contributed by atoms with Gasteiger partial charge in [0, 0.05) is 0 Å². The highest BCUT2D eigenvalue weighted by Crippen LogP contribution is 2.31. The highest BCUT2D eigenvalue weighted by molar-refractivity contribution is 6.01. The summed E-state index contributed by atoms with van der Waals surface area (Å²) in [6, 6.07) is 13.7. The normalized spacial score (nSPS) is 10.7. The Balaban J connectivity index is 1.99. The molecule has 3 N–H and O–H groups in total. The van der Waals surface area contributed by atoms with E-state index < -0.39 is 0 Å². The Morgan fingerprint density at radius 3 is 2.71 bits per heavy atom.